The van der Waals surface area contributed by atoms with Crippen LogP contribution in [0.5, 0.6) is 5.75 Å². The van der Waals surface area contributed by atoms with Crippen LogP contribution in [0.4, 0.5) is 0 Å². The molecule has 1 aromatic carbocycles. The third kappa shape index (κ3) is 3.45. The molecule has 0 atom stereocenters. The lowest BCUT2D eigenvalue weighted by Crippen LogP contribution is -2.46. The number of aromatic nitrogens is 2. The van der Waals surface area contributed by atoms with Gasteiger partial charge in [0.25, 0.3) is 5.91 Å². The average molecular weight is 355 g/mol. The monoisotopic (exact) mass is 355 g/mol. The Hall–Kier alpha value is -2.37. The summed E-state index contributed by atoms with van der Waals surface area (Å²) in [7, 11) is 0. The van der Waals surface area contributed by atoms with Gasteiger partial charge < -0.3 is 14.6 Å². The normalized spacial score (nSPS) is 18.3. The first-order valence-corrected chi connectivity index (χ1v) is 9.51. The number of carbonyl (C=O) groups is 1. The van der Waals surface area contributed by atoms with Gasteiger partial charge in [-0.25, -0.2) is 0 Å². The van der Waals surface area contributed by atoms with Crippen LogP contribution >= 0.6 is 0 Å². The van der Waals surface area contributed by atoms with Gasteiger partial charge >= 0.3 is 0 Å². The molecule has 2 aliphatic rings. The van der Waals surface area contributed by atoms with Crippen molar-refractivity contribution in [2.75, 3.05) is 6.61 Å². The van der Waals surface area contributed by atoms with E-state index >= 15 is 0 Å². The lowest BCUT2D eigenvalue weighted by molar-refractivity contribution is -0.125. The van der Waals surface area contributed by atoms with Gasteiger partial charge in [0.05, 0.1) is 0 Å². The van der Waals surface area contributed by atoms with Crippen LogP contribution in [0.15, 0.2) is 22.7 Å². The first-order valence-electron chi connectivity index (χ1n) is 9.51. The number of benzene rings is 1. The fourth-order valence-corrected chi connectivity index (χ4v) is 4.13. The van der Waals surface area contributed by atoms with Gasteiger partial charge in [-0.2, -0.15) is 4.98 Å². The zero-order valence-electron chi connectivity index (χ0n) is 15.2. The van der Waals surface area contributed by atoms with Crippen molar-refractivity contribution in [1.82, 2.24) is 15.5 Å². The van der Waals surface area contributed by atoms with E-state index in [1.807, 2.05) is 6.07 Å². The molecule has 138 valence electrons. The fourth-order valence-electron chi connectivity index (χ4n) is 4.13. The predicted octanol–water partition coefficient (Wildman–Crippen LogP) is 3.22. The van der Waals surface area contributed by atoms with E-state index in [9.17, 15) is 4.79 Å². The van der Waals surface area contributed by atoms with E-state index in [0.29, 0.717) is 11.7 Å². The summed E-state index contributed by atoms with van der Waals surface area (Å²) in [6, 6.07) is 6.17. The van der Waals surface area contributed by atoms with Gasteiger partial charge in [-0.05, 0) is 61.8 Å². The molecule has 0 saturated heterocycles. The maximum Gasteiger partial charge on any atom is 0.258 e. The molecule has 0 bridgehead atoms. The Morgan fingerprint density at radius 1 is 1.19 bits per heavy atom. The summed E-state index contributed by atoms with van der Waals surface area (Å²) in [5, 5.41) is 7.15. The highest BCUT2D eigenvalue weighted by atomic mass is 16.5. The number of nitrogens with zero attached hydrogens (tertiary/aromatic N) is 2. The Kier molecular flexibility index (Phi) is 4.66. The Labute approximate surface area is 153 Å². The van der Waals surface area contributed by atoms with Crippen molar-refractivity contribution in [2.45, 2.75) is 63.8 Å². The van der Waals surface area contributed by atoms with Crippen molar-refractivity contribution in [3.63, 3.8) is 0 Å². The van der Waals surface area contributed by atoms with Crippen molar-refractivity contribution >= 4 is 5.91 Å². The first-order chi connectivity index (χ1) is 12.6. The molecule has 1 amide bonds. The van der Waals surface area contributed by atoms with Gasteiger partial charge in [0, 0.05) is 6.92 Å². The van der Waals surface area contributed by atoms with Gasteiger partial charge in [-0.1, -0.05) is 24.1 Å². The molecule has 4 rings (SSSR count). The van der Waals surface area contributed by atoms with Crippen molar-refractivity contribution in [1.29, 1.82) is 0 Å². The molecule has 1 N–H and O–H groups in total. The number of aryl methyl sites for hydroxylation is 3. The fraction of sp³-hybridized carbons (Fsp3) is 0.550. The van der Waals surface area contributed by atoms with Crippen LogP contribution in [-0.2, 0) is 23.2 Å². The molecule has 1 heterocycles. The van der Waals surface area contributed by atoms with Gasteiger partial charge in [0.15, 0.2) is 12.4 Å². The number of carbonyl (C=O) groups excluding carboxylic acids is 1. The molecule has 1 saturated carbocycles. The lowest BCUT2D eigenvalue weighted by Gasteiger charge is -2.26. The average Bonchev–Trinajstić information content (AvgIpc) is 3.30. The van der Waals surface area contributed by atoms with Crippen LogP contribution in [0.2, 0.25) is 0 Å². The highest BCUT2D eigenvalue weighted by Crippen LogP contribution is 2.37. The second-order valence-corrected chi connectivity index (χ2v) is 7.40. The topological polar surface area (TPSA) is 77.2 Å². The molecule has 0 unspecified atom stereocenters. The Balaban J connectivity index is 1.40. The van der Waals surface area contributed by atoms with Gasteiger partial charge in [-0.3, -0.25) is 4.79 Å². The minimum Gasteiger partial charge on any atom is -0.484 e. The quantitative estimate of drug-likeness (QED) is 0.891. The predicted molar refractivity (Wildman–Crippen MR) is 95.9 cm³/mol. The molecule has 0 spiro atoms. The summed E-state index contributed by atoms with van der Waals surface area (Å²) in [4.78, 5) is 16.9. The Morgan fingerprint density at radius 2 is 1.96 bits per heavy atom. The minimum atomic E-state index is -0.520. The van der Waals surface area contributed by atoms with E-state index < -0.39 is 5.54 Å². The maximum atomic E-state index is 12.5. The summed E-state index contributed by atoms with van der Waals surface area (Å²) in [5.74, 6) is 1.71. The van der Waals surface area contributed by atoms with E-state index in [4.69, 9.17) is 9.26 Å². The summed E-state index contributed by atoms with van der Waals surface area (Å²) in [6.07, 6.45) is 8.46. The number of fused-ring (bicyclic) bond motifs is 1. The standard InChI is InChI=1S/C20H25N3O3/c1-14-21-19(23-26-14)20(10-4-5-11-20)22-18(24)13-25-17-9-8-15-6-2-3-7-16(15)12-17/h8-9,12H,2-7,10-11,13H2,1H3,(H,22,24). The summed E-state index contributed by atoms with van der Waals surface area (Å²) >= 11 is 0. The van der Waals surface area contributed by atoms with Crippen LogP contribution in [0.25, 0.3) is 0 Å². The molecule has 6 heteroatoms. The van der Waals surface area contributed by atoms with Crippen molar-refractivity contribution in [2.24, 2.45) is 0 Å². The molecule has 2 aliphatic carbocycles. The molecular weight excluding hydrogens is 330 g/mol. The van der Waals surface area contributed by atoms with Crippen LogP contribution in [-0.4, -0.2) is 22.7 Å². The van der Waals surface area contributed by atoms with Crippen molar-refractivity contribution in [3.8, 4) is 5.75 Å². The molecule has 0 aliphatic heterocycles. The highest BCUT2D eigenvalue weighted by molar-refractivity contribution is 5.78. The Morgan fingerprint density at radius 3 is 2.69 bits per heavy atom. The van der Waals surface area contributed by atoms with E-state index in [1.165, 1.54) is 24.0 Å². The van der Waals surface area contributed by atoms with Gasteiger partial charge in [0.2, 0.25) is 5.89 Å². The van der Waals surface area contributed by atoms with Crippen LogP contribution in [0.3, 0.4) is 0 Å². The number of hydrogen-bond acceptors (Lipinski definition) is 5. The molecule has 6 nitrogen and oxygen atoms in total. The van der Waals surface area contributed by atoms with Gasteiger partial charge in [-0.15, -0.1) is 0 Å². The third-order valence-corrected chi connectivity index (χ3v) is 5.48. The number of hydrogen-bond donors (Lipinski definition) is 1. The molecular formula is C20H25N3O3. The van der Waals surface area contributed by atoms with E-state index in [1.54, 1.807) is 6.92 Å². The molecule has 2 aromatic rings. The number of amides is 1. The van der Waals surface area contributed by atoms with Crippen molar-refractivity contribution < 1.29 is 14.1 Å². The highest BCUT2D eigenvalue weighted by Gasteiger charge is 2.41. The smallest absolute Gasteiger partial charge is 0.258 e. The summed E-state index contributed by atoms with van der Waals surface area (Å²) in [5.41, 5.74) is 2.24. The minimum absolute atomic E-state index is 0.00261. The maximum absolute atomic E-state index is 12.5. The zero-order chi connectivity index (χ0) is 18.0. The number of nitrogens with one attached hydrogen (secondary N) is 1. The first kappa shape index (κ1) is 17.1. The number of rotatable bonds is 5. The largest absolute Gasteiger partial charge is 0.484 e. The van der Waals surface area contributed by atoms with Crippen LogP contribution < -0.4 is 10.1 Å². The second-order valence-electron chi connectivity index (χ2n) is 7.40. The number of ether oxygens (including phenoxy) is 1. The molecule has 26 heavy (non-hydrogen) atoms. The van der Waals surface area contributed by atoms with E-state index in [2.05, 4.69) is 27.6 Å². The lowest BCUT2D eigenvalue weighted by atomic mass is 9.92. The zero-order valence-corrected chi connectivity index (χ0v) is 15.2. The summed E-state index contributed by atoms with van der Waals surface area (Å²) in [6.45, 7) is 1.76. The van der Waals surface area contributed by atoms with Crippen molar-refractivity contribution in [3.05, 3.63) is 41.0 Å². The van der Waals surface area contributed by atoms with Crippen LogP contribution in [0, 0.1) is 6.92 Å². The SMILES string of the molecule is Cc1nc(C2(NC(=O)COc3ccc4c(c3)CCCC4)CCCC2)no1. The molecule has 1 aromatic heterocycles. The molecule has 0 radical (unpaired) electrons. The van der Waals surface area contributed by atoms with Gasteiger partial charge in [0.1, 0.15) is 11.3 Å². The van der Waals surface area contributed by atoms with E-state index in [-0.39, 0.29) is 12.5 Å². The van der Waals surface area contributed by atoms with Crippen LogP contribution in [0.1, 0.15) is 61.4 Å². The van der Waals surface area contributed by atoms with E-state index in [0.717, 1.165) is 44.3 Å². The molecule has 1 fully saturated rings. The third-order valence-electron chi connectivity index (χ3n) is 5.48. The summed E-state index contributed by atoms with van der Waals surface area (Å²) < 4.78 is 10.9. The second kappa shape index (κ2) is 7.09. The Bertz CT molecular complexity index is 793.